The molecule has 1 aromatic carbocycles. The highest BCUT2D eigenvalue weighted by Gasteiger charge is 2.33. The second kappa shape index (κ2) is 7.06. The lowest BCUT2D eigenvalue weighted by molar-refractivity contribution is 0.0972. The molecule has 0 spiro atoms. The highest BCUT2D eigenvalue weighted by molar-refractivity contribution is 7.91. The van der Waals surface area contributed by atoms with Crippen molar-refractivity contribution >= 4 is 21.6 Å². The lowest BCUT2D eigenvalue weighted by Gasteiger charge is -2.30. The first-order valence-electron chi connectivity index (χ1n) is 10.9. The molecule has 5 rings (SSSR count). The van der Waals surface area contributed by atoms with Gasteiger partial charge in [0.25, 0.3) is 0 Å². The van der Waals surface area contributed by atoms with E-state index in [9.17, 15) is 9.00 Å². The average Bonchev–Trinajstić information content (AvgIpc) is 3.38. The van der Waals surface area contributed by atoms with E-state index in [0.717, 1.165) is 37.8 Å². The number of ether oxygens (including phenoxy) is 1. The predicted octanol–water partition coefficient (Wildman–Crippen LogP) is 3.77. The second-order valence-corrected chi connectivity index (χ2v) is 11.5. The van der Waals surface area contributed by atoms with Gasteiger partial charge in [-0.1, -0.05) is 26.8 Å². The number of carbonyl (C=O) groups excluding carboxylic acids is 1. The normalized spacial score (nSPS) is 22.6. The number of urea groups is 1. The van der Waals surface area contributed by atoms with Crippen molar-refractivity contribution in [2.75, 3.05) is 11.9 Å². The zero-order valence-corrected chi connectivity index (χ0v) is 19.1. The van der Waals surface area contributed by atoms with Gasteiger partial charge in [0.15, 0.2) is 9.92 Å². The van der Waals surface area contributed by atoms with Crippen LogP contribution >= 0.6 is 0 Å². The number of fused-ring (bicyclic) bond motifs is 3. The fraction of sp³-hybridized carbons (Fsp3) is 0.545. The molecule has 31 heavy (non-hydrogen) atoms. The summed E-state index contributed by atoms with van der Waals surface area (Å²) in [7, 11) is -3.50. The van der Waals surface area contributed by atoms with Gasteiger partial charge in [0.1, 0.15) is 4.90 Å². The van der Waals surface area contributed by atoms with Gasteiger partial charge in [-0.25, -0.2) is 18.8 Å². The standard InChI is InChI=1S/C22H29N5O3S/c1-13-7-8-15-9-14-5-4-6-16(14)19(18(13)15)25-21(28)26-31(23,29)17-10-24-27-11-22(2,3)12-30-20(17)27/h9-10,13H,4-8,11-12H2,1-3H3,(H3,23,25,26,28,29)/t13-,31+/m1/s1. The van der Waals surface area contributed by atoms with Crippen molar-refractivity contribution < 1.29 is 13.7 Å². The van der Waals surface area contributed by atoms with Crippen LogP contribution in [-0.4, -0.2) is 26.6 Å². The number of hydrogen-bond acceptors (Lipinski definition) is 4. The minimum absolute atomic E-state index is 0.0922. The third-order valence-corrected chi connectivity index (χ3v) is 7.92. The number of nitrogens with one attached hydrogen (secondary N) is 1. The first kappa shape index (κ1) is 20.5. The van der Waals surface area contributed by atoms with Crippen LogP contribution in [0, 0.1) is 5.41 Å². The van der Waals surface area contributed by atoms with E-state index in [1.54, 1.807) is 4.68 Å². The van der Waals surface area contributed by atoms with E-state index in [2.05, 4.69) is 41.6 Å². The number of nitrogens with two attached hydrogens (primary N) is 1. The van der Waals surface area contributed by atoms with E-state index < -0.39 is 15.9 Å². The molecule has 166 valence electrons. The predicted molar refractivity (Wildman–Crippen MR) is 119 cm³/mol. The maximum atomic E-state index is 13.2. The van der Waals surface area contributed by atoms with Gasteiger partial charge in [-0.05, 0) is 60.3 Å². The molecule has 0 bridgehead atoms. The molecule has 0 saturated heterocycles. The molecule has 2 aromatic rings. The van der Waals surface area contributed by atoms with E-state index in [0.29, 0.717) is 24.9 Å². The number of hydrogen-bond donors (Lipinski definition) is 2. The van der Waals surface area contributed by atoms with Crippen LogP contribution in [0.15, 0.2) is 21.5 Å². The maximum absolute atomic E-state index is 13.2. The molecule has 0 saturated carbocycles. The first-order valence-corrected chi connectivity index (χ1v) is 12.4. The minimum Gasteiger partial charge on any atom is -0.476 e. The van der Waals surface area contributed by atoms with Crippen molar-refractivity contribution in [3.05, 3.63) is 34.5 Å². The van der Waals surface area contributed by atoms with Crippen molar-refractivity contribution in [3.63, 3.8) is 0 Å². The van der Waals surface area contributed by atoms with Crippen LogP contribution in [0.1, 0.15) is 61.8 Å². The molecule has 1 aliphatic heterocycles. The molecule has 3 N–H and O–H groups in total. The molecule has 2 heterocycles. The quantitative estimate of drug-likeness (QED) is 0.736. The number of carbonyl (C=O) groups is 1. The van der Waals surface area contributed by atoms with E-state index >= 15 is 0 Å². The Morgan fingerprint density at radius 1 is 1.35 bits per heavy atom. The zero-order valence-electron chi connectivity index (χ0n) is 18.2. The van der Waals surface area contributed by atoms with Crippen molar-refractivity contribution in [2.45, 2.75) is 70.2 Å². The van der Waals surface area contributed by atoms with Gasteiger partial charge in [-0.15, -0.1) is 4.36 Å². The molecule has 3 aliphatic rings. The Kier molecular flexibility index (Phi) is 4.67. The SMILES string of the molecule is C[C@@H]1CCc2cc3c(c(NC(=O)N=[S@](N)(=O)c4cnn5c4OCC(C)(C)C5)c21)CCC3. The Bertz CT molecular complexity index is 1210. The monoisotopic (exact) mass is 443 g/mol. The van der Waals surface area contributed by atoms with Crippen LogP contribution < -0.4 is 15.2 Å². The van der Waals surface area contributed by atoms with Crippen LogP contribution in [0.4, 0.5) is 10.5 Å². The van der Waals surface area contributed by atoms with Gasteiger partial charge >= 0.3 is 6.03 Å². The summed E-state index contributed by atoms with van der Waals surface area (Å²) >= 11 is 0. The Balaban J connectivity index is 1.48. The van der Waals surface area contributed by atoms with Gasteiger partial charge in [0.05, 0.1) is 19.3 Å². The van der Waals surface area contributed by atoms with Gasteiger partial charge < -0.3 is 10.1 Å². The Morgan fingerprint density at radius 3 is 2.97 bits per heavy atom. The van der Waals surface area contributed by atoms with E-state index in [1.807, 2.05) is 0 Å². The molecule has 2 atom stereocenters. The summed E-state index contributed by atoms with van der Waals surface area (Å²) in [6, 6.07) is 1.61. The summed E-state index contributed by atoms with van der Waals surface area (Å²) in [5.74, 6) is 0.705. The van der Waals surface area contributed by atoms with Gasteiger partial charge in [0.2, 0.25) is 5.88 Å². The zero-order chi connectivity index (χ0) is 22.0. The summed E-state index contributed by atoms with van der Waals surface area (Å²) < 4.78 is 24.5. The van der Waals surface area contributed by atoms with Gasteiger partial charge in [0, 0.05) is 11.1 Å². The Morgan fingerprint density at radius 2 is 2.16 bits per heavy atom. The fourth-order valence-corrected chi connectivity index (χ4v) is 6.09. The molecular formula is C22H29N5O3S. The number of nitrogens with zero attached hydrogens (tertiary/aromatic N) is 3. The van der Waals surface area contributed by atoms with E-state index in [-0.39, 0.29) is 10.3 Å². The van der Waals surface area contributed by atoms with Crippen molar-refractivity contribution in [1.82, 2.24) is 9.78 Å². The van der Waals surface area contributed by atoms with E-state index in [1.165, 1.54) is 28.5 Å². The molecule has 0 unspecified atom stereocenters. The summed E-state index contributed by atoms with van der Waals surface area (Å²) in [6.45, 7) is 7.38. The highest BCUT2D eigenvalue weighted by atomic mass is 32.2. The highest BCUT2D eigenvalue weighted by Crippen LogP contribution is 2.44. The number of anilines is 1. The lowest BCUT2D eigenvalue weighted by atomic mass is 9.94. The van der Waals surface area contributed by atoms with Crippen LogP contribution in [-0.2, 0) is 35.7 Å². The number of rotatable bonds is 2. The van der Waals surface area contributed by atoms with Crippen LogP contribution in [0.5, 0.6) is 5.88 Å². The van der Waals surface area contributed by atoms with Crippen molar-refractivity contribution in [3.8, 4) is 5.88 Å². The Labute approximate surface area is 182 Å². The largest absolute Gasteiger partial charge is 0.476 e. The molecule has 9 heteroatoms. The minimum atomic E-state index is -3.50. The summed E-state index contributed by atoms with van der Waals surface area (Å²) in [5.41, 5.74) is 5.76. The maximum Gasteiger partial charge on any atom is 0.354 e. The van der Waals surface area contributed by atoms with Crippen LogP contribution in [0.2, 0.25) is 0 Å². The molecule has 0 fully saturated rings. The first-order chi connectivity index (χ1) is 14.6. The number of aromatic nitrogens is 2. The molecule has 2 amide bonds. The number of benzene rings is 1. The summed E-state index contributed by atoms with van der Waals surface area (Å²) in [5, 5.41) is 13.3. The number of amides is 2. The molecular weight excluding hydrogens is 414 g/mol. The summed E-state index contributed by atoms with van der Waals surface area (Å²) in [4.78, 5) is 13.1. The third kappa shape index (κ3) is 3.53. The van der Waals surface area contributed by atoms with Crippen LogP contribution in [0.3, 0.4) is 0 Å². The van der Waals surface area contributed by atoms with E-state index in [4.69, 9.17) is 9.88 Å². The molecule has 2 aliphatic carbocycles. The average molecular weight is 444 g/mol. The van der Waals surface area contributed by atoms with Crippen LogP contribution in [0.25, 0.3) is 0 Å². The molecule has 0 radical (unpaired) electrons. The van der Waals surface area contributed by atoms with Gasteiger partial charge in [-0.2, -0.15) is 5.10 Å². The topological polar surface area (TPSA) is 112 Å². The second-order valence-electron chi connectivity index (χ2n) is 9.77. The fourth-order valence-electron chi connectivity index (χ4n) is 5.08. The van der Waals surface area contributed by atoms with Gasteiger partial charge in [-0.3, -0.25) is 0 Å². The summed E-state index contributed by atoms with van der Waals surface area (Å²) in [6.07, 6.45) is 6.53. The van der Waals surface area contributed by atoms with Crippen molar-refractivity contribution in [1.29, 1.82) is 0 Å². The molecule has 8 nitrogen and oxygen atoms in total. The molecule has 1 aromatic heterocycles. The number of aryl methyl sites for hydroxylation is 2. The smallest absolute Gasteiger partial charge is 0.354 e. The third-order valence-electron chi connectivity index (χ3n) is 6.57. The lowest BCUT2D eigenvalue weighted by Crippen LogP contribution is -2.33. The van der Waals surface area contributed by atoms with Crippen molar-refractivity contribution in [2.24, 2.45) is 14.9 Å². The Hall–Kier alpha value is -2.39.